The first-order chi connectivity index (χ1) is 16.1. The Morgan fingerprint density at radius 1 is 0.424 bits per heavy atom. The highest BCUT2D eigenvalue weighted by Crippen LogP contribution is 2.49. The van der Waals surface area contributed by atoms with Crippen LogP contribution >= 0.6 is 0 Å². The molecule has 0 saturated heterocycles. The van der Waals surface area contributed by atoms with Gasteiger partial charge in [-0.25, -0.2) is 9.59 Å². The molecule has 0 amide bonds. The summed E-state index contributed by atoms with van der Waals surface area (Å²) in [6.07, 6.45) is -3.62. The molecule has 0 aliphatic rings. The fourth-order valence-corrected chi connectivity index (χ4v) is 5.28. The summed E-state index contributed by atoms with van der Waals surface area (Å²) < 4.78 is 3.08. The zero-order chi connectivity index (χ0) is 22.7. The second-order valence-electron chi connectivity index (χ2n) is 7.93. The normalized spacial score (nSPS) is 11.5. The predicted molar refractivity (Wildman–Crippen MR) is 131 cm³/mol. The van der Waals surface area contributed by atoms with Gasteiger partial charge in [-0.3, -0.25) is 0 Å². The fraction of sp³-hybridized carbons (Fsp3) is 0. The average Bonchev–Trinajstić information content (AvgIpc) is 3.32. The summed E-state index contributed by atoms with van der Waals surface area (Å²) in [4.78, 5) is 18.4. The number of hydrogen-bond donors (Lipinski definition) is 2. The Labute approximate surface area is 186 Å². The van der Waals surface area contributed by atoms with Gasteiger partial charge in [0.2, 0.25) is 0 Å². The van der Waals surface area contributed by atoms with Crippen molar-refractivity contribution in [3.8, 4) is 0 Å². The van der Waals surface area contributed by atoms with Gasteiger partial charge in [0.05, 0.1) is 0 Å². The van der Waals surface area contributed by atoms with E-state index in [1.54, 1.807) is 0 Å². The third-order valence-corrected chi connectivity index (χ3v) is 6.32. The van der Waals surface area contributed by atoms with Crippen molar-refractivity contribution in [2.24, 2.45) is 0 Å². The van der Waals surface area contributed by atoms with Gasteiger partial charge < -0.3 is 14.9 Å². The van der Waals surface area contributed by atoms with Gasteiger partial charge in [-0.2, -0.15) is 0 Å². The van der Waals surface area contributed by atoms with Crippen LogP contribution < -0.4 is 0 Å². The number of carbonyl (C=O) groups is 2. The van der Waals surface area contributed by atoms with Crippen molar-refractivity contribution in [3.05, 3.63) is 84.9 Å². The van der Waals surface area contributed by atoms with E-state index in [1.807, 2.05) is 0 Å². The highest BCUT2D eigenvalue weighted by Gasteiger charge is 2.20. The lowest BCUT2D eigenvalue weighted by atomic mass is 9.95. The van der Waals surface area contributed by atoms with E-state index in [1.165, 1.54) is 64.6 Å². The standard InChI is InChI=1S/C26H14.C2H2O5/c1-3-9-17-15(7-1)19-11-5-13-22-24-18-10-4-2-8-16(18)20-12-6-14-21(26(20)24)23(17)25(19)22;3-1(4)7-2(5)6/h1-14H;(H,3,4)(H,5,6). The number of benzene rings is 5. The molecule has 0 bridgehead atoms. The lowest BCUT2D eigenvalue weighted by Crippen LogP contribution is -2.05. The van der Waals surface area contributed by atoms with Crippen molar-refractivity contribution < 1.29 is 24.5 Å². The van der Waals surface area contributed by atoms with Crippen LogP contribution in [0.3, 0.4) is 0 Å². The average molecular weight is 432 g/mol. The zero-order valence-corrected chi connectivity index (χ0v) is 17.2. The van der Waals surface area contributed by atoms with Crippen molar-refractivity contribution in [2.75, 3.05) is 0 Å². The summed E-state index contributed by atoms with van der Waals surface area (Å²) in [5.74, 6) is 0. The van der Waals surface area contributed by atoms with E-state index in [2.05, 4.69) is 89.7 Å². The molecule has 5 nitrogen and oxygen atoms in total. The van der Waals surface area contributed by atoms with Crippen LogP contribution in [0.1, 0.15) is 0 Å². The minimum absolute atomic E-state index is 1.37. The molecule has 33 heavy (non-hydrogen) atoms. The number of fused-ring (bicyclic) bond motifs is 8. The van der Waals surface area contributed by atoms with Crippen LogP contribution in [0, 0.1) is 0 Å². The van der Waals surface area contributed by atoms with E-state index in [9.17, 15) is 9.59 Å². The second kappa shape index (κ2) is 6.93. The highest BCUT2D eigenvalue weighted by molar-refractivity contribution is 6.47. The maximum atomic E-state index is 9.21. The molecule has 0 spiro atoms. The molecule has 0 unspecified atom stereocenters. The minimum Gasteiger partial charge on any atom is -0.449 e. The fourth-order valence-electron chi connectivity index (χ4n) is 5.28. The summed E-state index contributed by atoms with van der Waals surface area (Å²) in [5.41, 5.74) is 0. The van der Waals surface area contributed by atoms with Crippen LogP contribution in [0.15, 0.2) is 84.9 Å². The van der Waals surface area contributed by atoms with E-state index in [0.29, 0.717) is 0 Å². The Hall–Kier alpha value is -4.64. The highest BCUT2D eigenvalue weighted by atomic mass is 16.7. The van der Waals surface area contributed by atoms with E-state index in [-0.39, 0.29) is 0 Å². The number of rotatable bonds is 0. The summed E-state index contributed by atoms with van der Waals surface area (Å²) in [5, 5.41) is 31.6. The van der Waals surface area contributed by atoms with Crippen LogP contribution in [-0.4, -0.2) is 22.5 Å². The maximum absolute atomic E-state index is 9.21. The monoisotopic (exact) mass is 432 g/mol. The van der Waals surface area contributed by atoms with Crippen LogP contribution in [0.25, 0.3) is 64.6 Å². The predicted octanol–water partition coefficient (Wildman–Crippen LogP) is 7.84. The van der Waals surface area contributed by atoms with Gasteiger partial charge in [0.1, 0.15) is 0 Å². The molecule has 7 aromatic carbocycles. The molecular weight excluding hydrogens is 416 g/mol. The van der Waals surface area contributed by atoms with Gasteiger partial charge >= 0.3 is 12.3 Å². The van der Waals surface area contributed by atoms with Gasteiger partial charge in [-0.15, -0.1) is 0 Å². The molecule has 5 heteroatoms. The largest absolute Gasteiger partial charge is 0.516 e. The molecule has 0 aliphatic heterocycles. The SMILES string of the molecule is O=C(O)OC(=O)O.c1ccc2c(c1)c1cccc3c4c5ccccc5c5cccc(c2c13)c54. The van der Waals surface area contributed by atoms with E-state index in [0.717, 1.165) is 0 Å². The van der Waals surface area contributed by atoms with Crippen molar-refractivity contribution >= 4 is 76.9 Å². The molecule has 0 heterocycles. The summed E-state index contributed by atoms with van der Waals surface area (Å²) in [6, 6.07) is 31.3. The lowest BCUT2D eigenvalue weighted by Gasteiger charge is -2.07. The molecule has 0 atom stereocenters. The van der Waals surface area contributed by atoms with Crippen molar-refractivity contribution in [1.29, 1.82) is 0 Å². The summed E-state index contributed by atoms with van der Waals surface area (Å²) in [7, 11) is 0. The molecule has 0 aliphatic carbocycles. The number of carboxylic acid groups (broad SMARTS) is 2. The van der Waals surface area contributed by atoms with Crippen molar-refractivity contribution in [3.63, 3.8) is 0 Å². The molecular formula is C28H16O5. The number of hydrogen-bond acceptors (Lipinski definition) is 3. The quantitative estimate of drug-likeness (QED) is 0.145. The Bertz CT molecular complexity index is 1710. The van der Waals surface area contributed by atoms with Gasteiger partial charge in [0.15, 0.2) is 0 Å². The smallest absolute Gasteiger partial charge is 0.449 e. The van der Waals surface area contributed by atoms with E-state index < -0.39 is 12.3 Å². The molecule has 2 N–H and O–H groups in total. The topological polar surface area (TPSA) is 83.8 Å². The summed E-state index contributed by atoms with van der Waals surface area (Å²) in [6.45, 7) is 0. The van der Waals surface area contributed by atoms with Gasteiger partial charge in [-0.05, 0) is 64.6 Å². The van der Waals surface area contributed by atoms with Gasteiger partial charge in [0.25, 0.3) is 0 Å². The van der Waals surface area contributed by atoms with Crippen LogP contribution in [0.5, 0.6) is 0 Å². The summed E-state index contributed by atoms with van der Waals surface area (Å²) >= 11 is 0. The number of ether oxygens (including phenoxy) is 1. The van der Waals surface area contributed by atoms with Crippen LogP contribution in [-0.2, 0) is 4.74 Å². The van der Waals surface area contributed by atoms with Gasteiger partial charge in [-0.1, -0.05) is 84.9 Å². The Balaban J connectivity index is 0.000000261. The molecule has 7 rings (SSSR count). The Morgan fingerprint density at radius 2 is 0.697 bits per heavy atom. The first kappa shape index (κ1) is 19.1. The first-order valence-electron chi connectivity index (χ1n) is 10.4. The molecule has 7 aromatic rings. The maximum Gasteiger partial charge on any atom is 0.516 e. The Morgan fingerprint density at radius 3 is 1.00 bits per heavy atom. The lowest BCUT2D eigenvalue weighted by molar-refractivity contribution is 0.0802. The van der Waals surface area contributed by atoms with Crippen LogP contribution in [0.2, 0.25) is 0 Å². The molecule has 0 fully saturated rings. The Kier molecular flexibility index (Phi) is 4.01. The second-order valence-corrected chi connectivity index (χ2v) is 7.93. The molecule has 0 aromatic heterocycles. The van der Waals surface area contributed by atoms with Gasteiger partial charge in [0, 0.05) is 0 Å². The third kappa shape index (κ3) is 2.66. The van der Waals surface area contributed by atoms with Crippen LogP contribution in [0.4, 0.5) is 9.59 Å². The van der Waals surface area contributed by atoms with Crippen molar-refractivity contribution in [1.82, 2.24) is 0 Å². The molecule has 0 radical (unpaired) electrons. The van der Waals surface area contributed by atoms with E-state index in [4.69, 9.17) is 10.2 Å². The molecule has 0 saturated carbocycles. The van der Waals surface area contributed by atoms with E-state index >= 15 is 0 Å². The minimum atomic E-state index is -1.81. The third-order valence-electron chi connectivity index (χ3n) is 6.32. The first-order valence-corrected chi connectivity index (χ1v) is 10.4. The zero-order valence-electron chi connectivity index (χ0n) is 17.2. The molecule has 158 valence electrons. The van der Waals surface area contributed by atoms with Crippen molar-refractivity contribution in [2.45, 2.75) is 0 Å².